The second kappa shape index (κ2) is 28.0. The van der Waals surface area contributed by atoms with E-state index in [4.69, 9.17) is 56.4 Å². The molecule has 0 bridgehead atoms. The van der Waals surface area contributed by atoms with Crippen molar-refractivity contribution in [2.24, 2.45) is 0 Å². The van der Waals surface area contributed by atoms with Crippen molar-refractivity contribution in [1.29, 1.82) is 0 Å². The van der Waals surface area contributed by atoms with Gasteiger partial charge in [-0.3, -0.25) is 9.05 Å². The molecule has 0 aliphatic heterocycles. The van der Waals surface area contributed by atoms with Gasteiger partial charge in [0.25, 0.3) is 0 Å². The highest BCUT2D eigenvalue weighted by molar-refractivity contribution is 7.47. The van der Waals surface area contributed by atoms with Crippen molar-refractivity contribution in [2.45, 2.75) is 78.2 Å². The average molecular weight is 651 g/mol. The Morgan fingerprint density at radius 1 is 0.442 bits per heavy atom. The number of hydrogen-bond donors (Lipinski definition) is 1. The summed E-state index contributed by atoms with van der Waals surface area (Å²) in [6.45, 7) is 15.7. The topological polar surface area (TPSA) is 148 Å². The monoisotopic (exact) mass is 650 g/mol. The largest absolute Gasteiger partial charge is 0.472 e. The van der Waals surface area contributed by atoms with Crippen molar-refractivity contribution < 1.29 is 65.9 Å². The van der Waals surface area contributed by atoms with Crippen molar-refractivity contribution in [3.8, 4) is 0 Å². The van der Waals surface area contributed by atoms with Gasteiger partial charge in [0.1, 0.15) is 0 Å². The molecule has 0 spiro atoms. The lowest BCUT2D eigenvalue weighted by Gasteiger charge is -2.19. The lowest BCUT2D eigenvalue weighted by Crippen LogP contribution is -2.26. The highest BCUT2D eigenvalue weighted by Gasteiger charge is 2.20. The highest BCUT2D eigenvalue weighted by atomic mass is 31.2. The van der Waals surface area contributed by atoms with Crippen molar-refractivity contribution in [3.63, 3.8) is 0 Å². The molecule has 0 aliphatic carbocycles. The smallest absolute Gasteiger partial charge is 0.379 e. The van der Waals surface area contributed by atoms with E-state index in [0.29, 0.717) is 66.1 Å². The number of phosphoric ester groups is 1. The molecular weight excluding hydrogens is 591 g/mol. The van der Waals surface area contributed by atoms with E-state index in [1.165, 1.54) is 0 Å². The van der Waals surface area contributed by atoms with Crippen LogP contribution in [0.1, 0.15) is 41.5 Å². The van der Waals surface area contributed by atoms with E-state index in [1.807, 2.05) is 41.5 Å². The van der Waals surface area contributed by atoms with Gasteiger partial charge in [0.05, 0.1) is 129 Å². The van der Waals surface area contributed by atoms with Gasteiger partial charge in [-0.05, 0) is 41.5 Å². The van der Waals surface area contributed by atoms with Crippen LogP contribution in [-0.4, -0.2) is 148 Å². The van der Waals surface area contributed by atoms with Crippen LogP contribution in [0.2, 0.25) is 0 Å². The van der Waals surface area contributed by atoms with Gasteiger partial charge >= 0.3 is 7.82 Å². The highest BCUT2D eigenvalue weighted by Crippen LogP contribution is 2.42. The zero-order valence-electron chi connectivity index (χ0n) is 27.6. The SMILES string of the molecule is COC(C)COC(C)COC(C)COCCOCCOP(=O)(O)OCCOCCOCC(C)OCC(C)OCC(C)OC. The summed E-state index contributed by atoms with van der Waals surface area (Å²) in [6.07, 6.45) is -0.193. The number of ether oxygens (including phenoxy) is 10. The van der Waals surface area contributed by atoms with Crippen molar-refractivity contribution in [3.05, 3.63) is 0 Å². The quantitative estimate of drug-likeness (QED) is 0.0840. The Kier molecular flexibility index (Phi) is 27.8. The second-order valence-corrected chi connectivity index (χ2v) is 11.6. The molecule has 0 aromatic carbocycles. The van der Waals surface area contributed by atoms with E-state index in [1.54, 1.807) is 14.2 Å². The van der Waals surface area contributed by atoms with Crippen molar-refractivity contribution in [2.75, 3.05) is 107 Å². The van der Waals surface area contributed by atoms with Gasteiger partial charge in [0.2, 0.25) is 0 Å². The number of phosphoric acid groups is 1. The predicted octanol–water partition coefficient (Wildman–Crippen LogP) is 2.88. The third-order valence-corrected chi connectivity index (χ3v) is 6.70. The van der Waals surface area contributed by atoms with Gasteiger partial charge in [-0.1, -0.05) is 0 Å². The molecule has 0 amide bonds. The van der Waals surface area contributed by atoms with Crippen LogP contribution in [0.5, 0.6) is 0 Å². The molecule has 1 N–H and O–H groups in total. The summed E-state index contributed by atoms with van der Waals surface area (Å²) in [5.41, 5.74) is 0. The number of hydrogen-bond acceptors (Lipinski definition) is 13. The van der Waals surface area contributed by atoms with Gasteiger partial charge in [0, 0.05) is 14.2 Å². The van der Waals surface area contributed by atoms with E-state index >= 15 is 0 Å². The zero-order valence-corrected chi connectivity index (χ0v) is 28.5. The van der Waals surface area contributed by atoms with Crippen molar-refractivity contribution in [1.82, 2.24) is 0 Å². The van der Waals surface area contributed by atoms with Crippen LogP contribution in [0.3, 0.4) is 0 Å². The summed E-state index contributed by atoms with van der Waals surface area (Å²) in [5, 5.41) is 0. The Morgan fingerprint density at radius 3 is 1.07 bits per heavy atom. The first-order valence-electron chi connectivity index (χ1n) is 14.9. The first-order valence-corrected chi connectivity index (χ1v) is 16.4. The van der Waals surface area contributed by atoms with Gasteiger partial charge < -0.3 is 52.3 Å². The fourth-order valence-electron chi connectivity index (χ4n) is 2.93. The summed E-state index contributed by atoms with van der Waals surface area (Å²) < 4.78 is 76.4. The molecule has 0 aromatic heterocycles. The van der Waals surface area contributed by atoms with Crippen LogP contribution >= 0.6 is 7.82 Å². The Labute approximate surface area is 258 Å². The molecule has 0 aromatic rings. The number of methoxy groups -OCH3 is 2. The lowest BCUT2D eigenvalue weighted by molar-refractivity contribution is -0.0780. The second-order valence-electron chi connectivity index (χ2n) is 10.2. The van der Waals surface area contributed by atoms with Gasteiger partial charge in [-0.15, -0.1) is 0 Å². The molecule has 260 valence electrons. The lowest BCUT2D eigenvalue weighted by atomic mass is 10.4. The first kappa shape index (κ1) is 42.7. The summed E-state index contributed by atoms with van der Waals surface area (Å²) in [7, 11) is -0.895. The molecule has 0 radical (unpaired) electrons. The summed E-state index contributed by atoms with van der Waals surface area (Å²) >= 11 is 0. The Balaban J connectivity index is 3.59. The van der Waals surface area contributed by atoms with Crippen LogP contribution in [-0.2, 0) is 61.0 Å². The first-order chi connectivity index (χ1) is 20.5. The van der Waals surface area contributed by atoms with E-state index in [0.717, 1.165) is 0 Å². The summed E-state index contributed by atoms with van der Waals surface area (Å²) in [5.74, 6) is 0. The van der Waals surface area contributed by atoms with Gasteiger partial charge in [-0.2, -0.15) is 0 Å². The minimum absolute atomic E-state index is 0.0416. The van der Waals surface area contributed by atoms with Crippen LogP contribution in [0.4, 0.5) is 0 Å². The molecule has 6 unspecified atom stereocenters. The molecule has 0 heterocycles. The Morgan fingerprint density at radius 2 is 0.721 bits per heavy atom. The Bertz CT molecular complexity index is 611. The van der Waals surface area contributed by atoms with E-state index in [9.17, 15) is 9.46 Å². The third kappa shape index (κ3) is 28.9. The fourth-order valence-corrected chi connectivity index (χ4v) is 3.61. The van der Waals surface area contributed by atoms with Crippen LogP contribution in [0, 0.1) is 0 Å². The third-order valence-electron chi connectivity index (χ3n) is 5.68. The maximum Gasteiger partial charge on any atom is 0.472 e. The summed E-state index contributed by atoms with van der Waals surface area (Å²) in [6, 6.07) is 0. The number of rotatable bonds is 32. The maximum atomic E-state index is 11.9. The van der Waals surface area contributed by atoms with Crippen LogP contribution in [0.15, 0.2) is 0 Å². The molecule has 6 atom stereocenters. The summed E-state index contributed by atoms with van der Waals surface area (Å²) in [4.78, 5) is 9.74. The standard InChI is InChI=1S/C28H59O14P/c1-23(31-7)19-37-27(5)21-39-25(3)17-35-11-9-33-13-15-41-43(29,30)42-16-14-34-10-12-36-18-26(4)40-22-28(6)38-20-24(2)32-8/h23-28H,9-22H2,1-8H3,(H,29,30). The molecule has 15 heteroatoms. The fraction of sp³-hybridized carbons (Fsp3) is 1.00. The minimum Gasteiger partial charge on any atom is -0.379 e. The molecular formula is C28H59O14P. The minimum atomic E-state index is -4.19. The van der Waals surface area contributed by atoms with E-state index in [-0.39, 0.29) is 63.1 Å². The van der Waals surface area contributed by atoms with Crippen LogP contribution in [0.25, 0.3) is 0 Å². The molecule has 0 saturated heterocycles. The zero-order chi connectivity index (χ0) is 32.3. The van der Waals surface area contributed by atoms with E-state index < -0.39 is 7.82 Å². The molecule has 0 saturated carbocycles. The molecule has 0 rings (SSSR count). The average Bonchev–Trinajstić information content (AvgIpc) is 2.98. The van der Waals surface area contributed by atoms with Crippen LogP contribution < -0.4 is 0 Å². The normalized spacial score (nSPS) is 17.7. The molecule has 14 nitrogen and oxygen atoms in total. The van der Waals surface area contributed by atoms with Crippen molar-refractivity contribution >= 4 is 7.82 Å². The molecule has 0 fully saturated rings. The predicted molar refractivity (Wildman–Crippen MR) is 160 cm³/mol. The molecule has 43 heavy (non-hydrogen) atoms. The van der Waals surface area contributed by atoms with Gasteiger partial charge in [-0.25, -0.2) is 4.57 Å². The van der Waals surface area contributed by atoms with E-state index in [2.05, 4.69) is 0 Å². The molecule has 0 aliphatic rings. The van der Waals surface area contributed by atoms with Gasteiger partial charge in [0.15, 0.2) is 0 Å². The maximum absolute atomic E-state index is 11.9. The Hall–Kier alpha value is -0.290.